The third-order valence-corrected chi connectivity index (χ3v) is 6.52. The topological polar surface area (TPSA) is 181 Å². The molecule has 2 heterocycles. The van der Waals surface area contributed by atoms with E-state index in [0.29, 0.717) is 17.1 Å². The van der Waals surface area contributed by atoms with Crippen molar-refractivity contribution in [3.05, 3.63) is 59.7 Å². The lowest BCUT2D eigenvalue weighted by Crippen LogP contribution is -2.46. The van der Waals surface area contributed by atoms with Gasteiger partial charge >= 0.3 is 30.3 Å². The van der Waals surface area contributed by atoms with E-state index in [9.17, 15) is 31.1 Å². The molecule has 6 N–H and O–H groups in total. The number of esters is 1. The van der Waals surface area contributed by atoms with Crippen molar-refractivity contribution in [2.45, 2.75) is 50.5 Å². The minimum atomic E-state index is -5.08. The van der Waals surface area contributed by atoms with Crippen molar-refractivity contribution in [1.82, 2.24) is 4.90 Å². The van der Waals surface area contributed by atoms with Gasteiger partial charge in [-0.05, 0) is 68.5 Å². The second-order valence-electron chi connectivity index (χ2n) is 9.76. The van der Waals surface area contributed by atoms with Crippen LogP contribution in [0.4, 0.5) is 32.0 Å². The lowest BCUT2D eigenvalue weighted by Gasteiger charge is -2.36. The smallest absolute Gasteiger partial charge is 0.475 e. The first-order valence-electron chi connectivity index (χ1n) is 13.4. The number of nitrogens with zero attached hydrogens (tertiary/aromatic N) is 2. The molecule has 11 nitrogen and oxygen atoms in total. The Morgan fingerprint density at radius 3 is 1.80 bits per heavy atom. The van der Waals surface area contributed by atoms with Crippen LogP contribution in [0.2, 0.25) is 0 Å². The van der Waals surface area contributed by atoms with Gasteiger partial charge in [-0.1, -0.05) is 12.1 Å². The minimum absolute atomic E-state index is 0.0116. The molecule has 0 spiro atoms. The number of aliphatic carboxylic acids is 2. The lowest BCUT2D eigenvalue weighted by molar-refractivity contribution is -0.193. The van der Waals surface area contributed by atoms with Gasteiger partial charge in [0.15, 0.2) is 0 Å². The van der Waals surface area contributed by atoms with Crippen LogP contribution >= 0.6 is 0 Å². The Morgan fingerprint density at radius 2 is 1.31 bits per heavy atom. The van der Waals surface area contributed by atoms with Gasteiger partial charge in [0.05, 0.1) is 0 Å². The van der Waals surface area contributed by atoms with Crippen LogP contribution < -0.4 is 15.4 Å². The molecular weight excluding hydrogens is 616 g/mol. The van der Waals surface area contributed by atoms with Crippen molar-refractivity contribution in [3.63, 3.8) is 0 Å². The maximum atomic E-state index is 13.0. The molecule has 0 saturated carbocycles. The Labute approximate surface area is 253 Å². The van der Waals surface area contributed by atoms with Crippen LogP contribution in [0, 0.1) is 10.8 Å². The number of rotatable bonds is 5. The van der Waals surface area contributed by atoms with Gasteiger partial charge < -0.3 is 30.5 Å². The highest BCUT2D eigenvalue weighted by Gasteiger charge is 2.39. The first kappa shape index (κ1) is 36.4. The molecule has 246 valence electrons. The molecule has 4 rings (SSSR count). The van der Waals surface area contributed by atoms with Crippen LogP contribution in [0.15, 0.2) is 48.5 Å². The molecule has 0 unspecified atom stereocenters. The van der Waals surface area contributed by atoms with Gasteiger partial charge in [-0.15, -0.1) is 0 Å². The first-order chi connectivity index (χ1) is 20.9. The van der Waals surface area contributed by atoms with Crippen molar-refractivity contribution in [3.8, 4) is 5.75 Å². The molecule has 2 aromatic rings. The molecular formula is C28H31F6N5O6. The Hall–Kier alpha value is -4.83. The second-order valence-corrected chi connectivity index (χ2v) is 9.76. The van der Waals surface area contributed by atoms with E-state index in [2.05, 4.69) is 9.80 Å². The summed E-state index contributed by atoms with van der Waals surface area (Å²) in [7, 11) is 0. The van der Waals surface area contributed by atoms with E-state index in [0.717, 1.165) is 63.0 Å². The number of hydrogen-bond donors (Lipinski definition) is 5. The maximum absolute atomic E-state index is 13.0. The zero-order valence-electron chi connectivity index (χ0n) is 23.6. The number of nitrogen functional groups attached to an aromatic ring is 1. The second kappa shape index (κ2) is 15.8. The van der Waals surface area contributed by atoms with Crippen molar-refractivity contribution in [2.75, 3.05) is 24.5 Å². The number of amidine groups is 2. The molecule has 0 amide bonds. The minimum Gasteiger partial charge on any atom is -0.475 e. The van der Waals surface area contributed by atoms with Gasteiger partial charge in [0.2, 0.25) is 0 Å². The molecule has 0 aliphatic carbocycles. The highest BCUT2D eigenvalue weighted by Crippen LogP contribution is 2.27. The predicted octanol–water partition coefficient (Wildman–Crippen LogP) is 4.62. The Balaban J connectivity index is 0.000000421. The summed E-state index contributed by atoms with van der Waals surface area (Å²) in [5.41, 5.74) is 8.00. The number of carbonyl (C=O) groups excluding carboxylic acids is 1. The largest absolute Gasteiger partial charge is 0.490 e. The molecule has 2 aliphatic heterocycles. The van der Waals surface area contributed by atoms with Crippen LogP contribution in [0.3, 0.4) is 0 Å². The summed E-state index contributed by atoms with van der Waals surface area (Å²) < 4.78 is 69.2. The molecule has 2 aromatic carbocycles. The van der Waals surface area contributed by atoms with Crippen LogP contribution in [0.1, 0.15) is 43.2 Å². The number of halogens is 6. The molecule has 45 heavy (non-hydrogen) atoms. The van der Waals surface area contributed by atoms with Gasteiger partial charge in [-0.2, -0.15) is 26.3 Å². The van der Waals surface area contributed by atoms with Gasteiger partial charge in [-0.25, -0.2) is 14.4 Å². The number of anilines is 1. The quantitative estimate of drug-likeness (QED) is 0.102. The fraction of sp³-hybridized carbons (Fsp3) is 0.393. The zero-order valence-corrected chi connectivity index (χ0v) is 23.6. The standard InChI is InChI=1S/C24H29N5O2.2C2HF3O2/c25-22(26)18-6-5-7-19(16-18)29-15-2-1-8-21(29)24(30)31-20-11-9-17(10-12-20)23(27)28-13-3-4-14-28;2*3-2(4,5)1(6)7/h5-7,9-12,16,21,27H,1-4,8,13-15H2,(H3,25,26);2*(H,6,7)/t21-;;/m0../s1. The Morgan fingerprint density at radius 1 is 0.800 bits per heavy atom. The number of carboxylic acids is 2. The van der Waals surface area contributed by atoms with Crippen LogP contribution in [0.5, 0.6) is 5.75 Å². The van der Waals surface area contributed by atoms with E-state index in [1.54, 1.807) is 18.2 Å². The summed E-state index contributed by atoms with van der Waals surface area (Å²) >= 11 is 0. The maximum Gasteiger partial charge on any atom is 0.490 e. The summed E-state index contributed by atoms with van der Waals surface area (Å²) in [6.07, 6.45) is -5.21. The van der Waals surface area contributed by atoms with E-state index < -0.39 is 24.3 Å². The number of carboxylic acid groups (broad SMARTS) is 2. The van der Waals surface area contributed by atoms with Crippen molar-refractivity contribution in [2.24, 2.45) is 5.73 Å². The highest BCUT2D eigenvalue weighted by atomic mass is 19.4. The van der Waals surface area contributed by atoms with Gasteiger partial charge in [0.25, 0.3) is 0 Å². The van der Waals surface area contributed by atoms with E-state index >= 15 is 0 Å². The van der Waals surface area contributed by atoms with Gasteiger partial charge in [0, 0.05) is 36.4 Å². The van der Waals surface area contributed by atoms with Crippen molar-refractivity contribution >= 4 is 35.3 Å². The van der Waals surface area contributed by atoms with Crippen LogP contribution in [-0.2, 0) is 14.4 Å². The average Bonchev–Trinajstić information content (AvgIpc) is 3.52. The van der Waals surface area contributed by atoms with E-state index in [1.807, 2.05) is 30.3 Å². The van der Waals surface area contributed by atoms with Crippen molar-refractivity contribution in [1.29, 1.82) is 10.8 Å². The third kappa shape index (κ3) is 11.3. The third-order valence-electron chi connectivity index (χ3n) is 6.52. The number of ether oxygens (including phenoxy) is 1. The SMILES string of the molecule is N=C(N)c1cccc(N2CCCC[C@H]2C(=O)Oc2ccc(C(=N)N3CCCC3)cc2)c1.O=C(O)C(F)(F)F.O=C(O)C(F)(F)F. The van der Waals surface area contributed by atoms with Crippen LogP contribution in [0.25, 0.3) is 0 Å². The highest BCUT2D eigenvalue weighted by molar-refractivity contribution is 5.97. The van der Waals surface area contributed by atoms with Gasteiger partial charge in [0.1, 0.15) is 23.5 Å². The van der Waals surface area contributed by atoms with E-state index in [4.69, 9.17) is 41.1 Å². The first-order valence-corrected chi connectivity index (χ1v) is 13.4. The summed E-state index contributed by atoms with van der Waals surface area (Å²) in [5, 5.41) is 30.3. The lowest BCUT2D eigenvalue weighted by atomic mass is 10.0. The Bertz CT molecular complexity index is 1340. The molecule has 0 bridgehead atoms. The van der Waals surface area contributed by atoms with E-state index in [-0.39, 0.29) is 17.8 Å². The fourth-order valence-electron chi connectivity index (χ4n) is 4.33. The number of carbonyl (C=O) groups is 3. The normalized spacial score (nSPS) is 16.4. The predicted molar refractivity (Wildman–Crippen MR) is 150 cm³/mol. The molecule has 2 fully saturated rings. The number of hydrogen-bond acceptors (Lipinski definition) is 7. The molecule has 0 aromatic heterocycles. The number of benzene rings is 2. The fourth-order valence-corrected chi connectivity index (χ4v) is 4.33. The molecule has 0 radical (unpaired) electrons. The average molecular weight is 648 g/mol. The summed E-state index contributed by atoms with van der Waals surface area (Å²) in [6, 6.07) is 14.3. The van der Waals surface area contributed by atoms with Crippen LogP contribution in [-0.4, -0.2) is 82.7 Å². The Kier molecular flexibility index (Phi) is 12.7. The van der Waals surface area contributed by atoms with Crippen molar-refractivity contribution < 1.29 is 55.7 Å². The monoisotopic (exact) mass is 647 g/mol. The number of piperidine rings is 1. The molecule has 17 heteroatoms. The molecule has 1 atom stereocenters. The number of nitrogens with one attached hydrogen (secondary N) is 2. The summed E-state index contributed by atoms with van der Waals surface area (Å²) in [5.74, 6) is -4.77. The number of alkyl halides is 6. The van der Waals surface area contributed by atoms with Gasteiger partial charge in [-0.3, -0.25) is 10.8 Å². The summed E-state index contributed by atoms with van der Waals surface area (Å²) in [4.78, 5) is 34.9. The number of likely N-dealkylation sites (tertiary alicyclic amines) is 1. The molecule has 2 aliphatic rings. The summed E-state index contributed by atoms with van der Waals surface area (Å²) in [6.45, 7) is 2.61. The molecule has 2 saturated heterocycles. The number of nitrogens with two attached hydrogens (primary N) is 1. The zero-order chi connectivity index (χ0) is 33.9. The van der Waals surface area contributed by atoms with E-state index in [1.165, 1.54) is 0 Å².